The first-order chi connectivity index (χ1) is 12.7. The van der Waals surface area contributed by atoms with Crippen LogP contribution in [0.5, 0.6) is 0 Å². The highest BCUT2D eigenvalue weighted by atomic mass is 16.5. The summed E-state index contributed by atoms with van der Waals surface area (Å²) in [7, 11) is 0. The van der Waals surface area contributed by atoms with Gasteiger partial charge in [0, 0.05) is 37.5 Å². The number of rotatable bonds is 11. The Kier molecular flexibility index (Phi) is 8.44. The average Bonchev–Trinajstić information content (AvgIpc) is 3.32. The first-order valence-electron chi connectivity index (χ1n) is 9.93. The maximum absolute atomic E-state index is 11.7. The Balaban J connectivity index is 1.75. The summed E-state index contributed by atoms with van der Waals surface area (Å²) < 4.78 is 5.41. The van der Waals surface area contributed by atoms with Gasteiger partial charge in [-0.05, 0) is 39.0 Å². The highest BCUT2D eigenvalue weighted by molar-refractivity contribution is 5.80. The molecule has 0 spiro atoms. The van der Waals surface area contributed by atoms with Crippen molar-refractivity contribution < 1.29 is 9.32 Å². The molecule has 146 valence electrons. The Hall–Kier alpha value is -2.05. The van der Waals surface area contributed by atoms with Crippen molar-refractivity contribution >= 4 is 11.9 Å². The zero-order valence-electron chi connectivity index (χ0n) is 16.3. The molecule has 1 saturated carbocycles. The number of carbonyl (C=O) groups is 1. The fourth-order valence-corrected chi connectivity index (χ4v) is 2.78. The van der Waals surface area contributed by atoms with Gasteiger partial charge in [0.25, 0.3) is 0 Å². The molecule has 0 bridgehead atoms. The van der Waals surface area contributed by atoms with E-state index in [0.29, 0.717) is 31.5 Å². The zero-order chi connectivity index (χ0) is 18.8. The van der Waals surface area contributed by atoms with E-state index in [4.69, 9.17) is 4.52 Å². The first-order valence-corrected chi connectivity index (χ1v) is 9.93. The summed E-state index contributed by atoms with van der Waals surface area (Å²) in [5, 5.41) is 13.7. The number of aromatic nitrogens is 1. The molecule has 3 N–H and O–H groups in total. The van der Waals surface area contributed by atoms with Gasteiger partial charge in [-0.3, -0.25) is 4.79 Å². The molecule has 0 unspecified atom stereocenters. The van der Waals surface area contributed by atoms with E-state index in [-0.39, 0.29) is 5.91 Å². The average molecular weight is 364 g/mol. The van der Waals surface area contributed by atoms with E-state index < -0.39 is 0 Å². The molecule has 1 amide bonds. The van der Waals surface area contributed by atoms with Gasteiger partial charge in [0.05, 0.1) is 5.69 Å². The number of hydrogen-bond donors (Lipinski definition) is 3. The van der Waals surface area contributed by atoms with Gasteiger partial charge in [-0.2, -0.15) is 0 Å². The van der Waals surface area contributed by atoms with Gasteiger partial charge in [-0.15, -0.1) is 0 Å². The minimum absolute atomic E-state index is 0.145. The Labute approximate surface area is 156 Å². The van der Waals surface area contributed by atoms with Gasteiger partial charge in [0.15, 0.2) is 11.7 Å². The van der Waals surface area contributed by atoms with Gasteiger partial charge in [0.2, 0.25) is 5.91 Å². The number of aliphatic imine (C=N–C) groups is 1. The van der Waals surface area contributed by atoms with E-state index in [0.717, 1.165) is 56.1 Å². The van der Waals surface area contributed by atoms with Crippen LogP contribution >= 0.6 is 0 Å². The Morgan fingerprint density at radius 3 is 2.73 bits per heavy atom. The third kappa shape index (κ3) is 7.06. The van der Waals surface area contributed by atoms with Crippen LogP contribution in [-0.4, -0.2) is 36.2 Å². The lowest BCUT2D eigenvalue weighted by atomic mass is 9.99. The van der Waals surface area contributed by atoms with Gasteiger partial charge >= 0.3 is 0 Å². The van der Waals surface area contributed by atoms with Crippen molar-refractivity contribution in [3.63, 3.8) is 0 Å². The van der Waals surface area contributed by atoms with Crippen LogP contribution in [0.4, 0.5) is 0 Å². The van der Waals surface area contributed by atoms with E-state index in [1.165, 1.54) is 0 Å². The number of carbonyl (C=O) groups excluding carboxylic acids is 1. The zero-order valence-corrected chi connectivity index (χ0v) is 16.3. The summed E-state index contributed by atoms with van der Waals surface area (Å²) in [6.45, 7) is 8.30. The molecule has 1 aliphatic rings. The van der Waals surface area contributed by atoms with Gasteiger partial charge in [0.1, 0.15) is 6.54 Å². The summed E-state index contributed by atoms with van der Waals surface area (Å²) in [5.41, 5.74) is 1.01. The standard InChI is InChI=1S/C19H33N5O2/c1-4-14(5-2)17-12-16(26-24-17)13-22-19(20-6-3)21-11-7-8-18(25)23-15-9-10-15/h12,14-15H,4-11,13H2,1-3H3,(H,23,25)(H2,20,21,22). The minimum Gasteiger partial charge on any atom is -0.359 e. The molecule has 2 rings (SSSR count). The molecule has 26 heavy (non-hydrogen) atoms. The van der Waals surface area contributed by atoms with Crippen molar-refractivity contribution in [3.05, 3.63) is 17.5 Å². The summed E-state index contributed by atoms with van der Waals surface area (Å²) in [6, 6.07) is 2.44. The molecule has 7 nitrogen and oxygen atoms in total. The molecule has 0 aliphatic heterocycles. The molecule has 7 heteroatoms. The second kappa shape index (κ2) is 10.8. The third-order valence-electron chi connectivity index (χ3n) is 4.53. The van der Waals surface area contributed by atoms with Gasteiger partial charge < -0.3 is 20.5 Å². The lowest BCUT2D eigenvalue weighted by Gasteiger charge is -2.10. The van der Waals surface area contributed by atoms with Crippen molar-refractivity contribution in [2.24, 2.45) is 4.99 Å². The van der Waals surface area contributed by atoms with Gasteiger partial charge in [-0.25, -0.2) is 4.99 Å². The number of hydrogen-bond acceptors (Lipinski definition) is 4. The summed E-state index contributed by atoms with van der Waals surface area (Å²) in [5.74, 6) is 2.10. The van der Waals surface area contributed by atoms with Crippen LogP contribution in [0.1, 0.15) is 76.7 Å². The van der Waals surface area contributed by atoms with Crippen LogP contribution in [0.2, 0.25) is 0 Å². The smallest absolute Gasteiger partial charge is 0.220 e. The molecular formula is C19H33N5O2. The number of nitrogens with one attached hydrogen (secondary N) is 3. The predicted molar refractivity (Wildman–Crippen MR) is 103 cm³/mol. The summed E-state index contributed by atoms with van der Waals surface area (Å²) in [4.78, 5) is 16.2. The fourth-order valence-electron chi connectivity index (χ4n) is 2.78. The van der Waals surface area contributed by atoms with Gasteiger partial charge in [-0.1, -0.05) is 19.0 Å². The molecule has 1 heterocycles. The number of guanidine groups is 1. The molecule has 1 fully saturated rings. The maximum Gasteiger partial charge on any atom is 0.220 e. The predicted octanol–water partition coefficient (Wildman–Crippen LogP) is 2.69. The maximum atomic E-state index is 11.7. The van der Waals surface area contributed by atoms with Crippen LogP contribution in [0, 0.1) is 0 Å². The lowest BCUT2D eigenvalue weighted by molar-refractivity contribution is -0.121. The number of nitrogens with zero attached hydrogens (tertiary/aromatic N) is 2. The van der Waals surface area contributed by atoms with Crippen LogP contribution in [0.25, 0.3) is 0 Å². The first kappa shape index (κ1) is 20.3. The van der Waals surface area contributed by atoms with Crippen molar-refractivity contribution in [2.75, 3.05) is 13.1 Å². The molecule has 1 aliphatic carbocycles. The van der Waals surface area contributed by atoms with E-state index in [1.807, 2.05) is 13.0 Å². The fraction of sp³-hybridized carbons (Fsp3) is 0.737. The third-order valence-corrected chi connectivity index (χ3v) is 4.53. The van der Waals surface area contributed by atoms with Crippen molar-refractivity contribution in [3.8, 4) is 0 Å². The monoisotopic (exact) mass is 363 g/mol. The van der Waals surface area contributed by atoms with Crippen LogP contribution in [0.15, 0.2) is 15.6 Å². The highest BCUT2D eigenvalue weighted by Gasteiger charge is 2.22. The minimum atomic E-state index is 0.145. The molecule has 1 aromatic heterocycles. The van der Waals surface area contributed by atoms with E-state index in [1.54, 1.807) is 0 Å². The normalized spacial score (nSPS) is 14.5. The highest BCUT2D eigenvalue weighted by Crippen LogP contribution is 2.22. The Bertz CT molecular complexity index is 576. The molecule has 0 atom stereocenters. The van der Waals surface area contributed by atoms with Crippen molar-refractivity contribution in [1.29, 1.82) is 0 Å². The lowest BCUT2D eigenvalue weighted by Crippen LogP contribution is -2.38. The van der Waals surface area contributed by atoms with E-state index in [9.17, 15) is 4.79 Å². The van der Waals surface area contributed by atoms with Crippen molar-refractivity contribution in [2.45, 2.75) is 77.8 Å². The second-order valence-electron chi connectivity index (χ2n) is 6.80. The van der Waals surface area contributed by atoms with Crippen LogP contribution in [0.3, 0.4) is 0 Å². The van der Waals surface area contributed by atoms with Crippen LogP contribution in [-0.2, 0) is 11.3 Å². The van der Waals surface area contributed by atoms with E-state index >= 15 is 0 Å². The number of amides is 1. The molecule has 0 radical (unpaired) electrons. The molecular weight excluding hydrogens is 330 g/mol. The SMILES string of the molecule is CCNC(=NCc1cc(C(CC)CC)no1)NCCCC(=O)NC1CC1. The Morgan fingerprint density at radius 1 is 1.31 bits per heavy atom. The van der Waals surface area contributed by atoms with E-state index in [2.05, 4.69) is 39.9 Å². The Morgan fingerprint density at radius 2 is 2.08 bits per heavy atom. The summed E-state index contributed by atoms with van der Waals surface area (Å²) in [6.07, 6.45) is 5.70. The molecule has 0 aromatic carbocycles. The summed E-state index contributed by atoms with van der Waals surface area (Å²) >= 11 is 0. The van der Waals surface area contributed by atoms with Crippen LogP contribution < -0.4 is 16.0 Å². The second-order valence-corrected chi connectivity index (χ2v) is 6.80. The molecule has 1 aromatic rings. The largest absolute Gasteiger partial charge is 0.359 e. The topological polar surface area (TPSA) is 91.6 Å². The molecule has 0 saturated heterocycles. The quantitative estimate of drug-likeness (QED) is 0.319. The van der Waals surface area contributed by atoms with Crippen molar-refractivity contribution in [1.82, 2.24) is 21.1 Å².